The highest BCUT2D eigenvalue weighted by molar-refractivity contribution is 7.83. The van der Waals surface area contributed by atoms with Gasteiger partial charge in [0.25, 0.3) is 0 Å². The van der Waals surface area contributed by atoms with E-state index in [0.29, 0.717) is 6.54 Å². The van der Waals surface area contributed by atoms with Crippen molar-refractivity contribution < 1.29 is 19.1 Å². The van der Waals surface area contributed by atoms with Gasteiger partial charge in [-0.3, -0.25) is 4.79 Å². The summed E-state index contributed by atoms with van der Waals surface area (Å²) in [6, 6.07) is 0.907. The summed E-state index contributed by atoms with van der Waals surface area (Å²) in [6.07, 6.45) is 0.413. The number of nitrogens with one attached hydrogen (secondary N) is 1. The van der Waals surface area contributed by atoms with E-state index in [9.17, 15) is 9.59 Å². The first kappa shape index (κ1) is 19.3. The molecule has 0 spiro atoms. The largest absolute Gasteiger partial charge is 0.456 e. The first-order valence-corrected chi connectivity index (χ1v) is 10.6. The molecule has 0 bridgehead atoms. The smallest absolute Gasteiger partial charge is 0.407 e. The van der Waals surface area contributed by atoms with Crippen molar-refractivity contribution in [2.45, 2.75) is 63.9 Å². The Morgan fingerprint density at radius 1 is 1.30 bits per heavy atom. The van der Waals surface area contributed by atoms with Gasteiger partial charge in [0.15, 0.2) is 0 Å². The van der Waals surface area contributed by atoms with Crippen LogP contribution >= 0.6 is 12.6 Å². The standard InChI is InChI=1S/C13H27NO4SSi/c1-10(15)17-12(19)20(5,6)9-7-8-14-11(16)18-13(2,3)4/h12,19H,7-9H2,1-6H3,(H,14,16). The minimum absolute atomic E-state index is 0.308. The molecule has 0 fully saturated rings. The highest BCUT2D eigenvalue weighted by atomic mass is 32.1. The molecule has 0 aromatic rings. The van der Waals surface area contributed by atoms with Crippen molar-refractivity contribution >= 4 is 32.8 Å². The van der Waals surface area contributed by atoms with Gasteiger partial charge in [-0.05, 0) is 27.2 Å². The van der Waals surface area contributed by atoms with Crippen LogP contribution in [0, 0.1) is 0 Å². The minimum Gasteiger partial charge on any atom is -0.456 e. The van der Waals surface area contributed by atoms with Gasteiger partial charge in [0.2, 0.25) is 0 Å². The second-order valence-corrected chi connectivity index (χ2v) is 12.4. The molecule has 0 rings (SSSR count). The molecule has 0 aliphatic carbocycles. The third-order valence-electron chi connectivity index (χ3n) is 2.61. The van der Waals surface area contributed by atoms with E-state index in [1.54, 1.807) is 0 Å². The van der Waals surface area contributed by atoms with Crippen LogP contribution in [-0.4, -0.2) is 37.3 Å². The highest BCUT2D eigenvalue weighted by Crippen LogP contribution is 2.21. The van der Waals surface area contributed by atoms with Crippen LogP contribution in [0.1, 0.15) is 34.1 Å². The van der Waals surface area contributed by atoms with Gasteiger partial charge >= 0.3 is 12.1 Å². The Labute approximate surface area is 128 Å². The van der Waals surface area contributed by atoms with Gasteiger partial charge in [0.1, 0.15) is 18.7 Å². The zero-order valence-electron chi connectivity index (χ0n) is 13.3. The number of thiol groups is 1. The molecule has 0 heterocycles. The molecule has 7 heteroatoms. The molecule has 1 N–H and O–H groups in total. The summed E-state index contributed by atoms with van der Waals surface area (Å²) >= 11 is 4.36. The Morgan fingerprint density at radius 3 is 2.30 bits per heavy atom. The molecule has 0 aromatic carbocycles. The van der Waals surface area contributed by atoms with Crippen molar-refractivity contribution in [3.05, 3.63) is 0 Å². The van der Waals surface area contributed by atoms with E-state index in [2.05, 4.69) is 31.0 Å². The van der Waals surface area contributed by atoms with Gasteiger partial charge in [-0.25, -0.2) is 4.79 Å². The van der Waals surface area contributed by atoms with E-state index >= 15 is 0 Å². The van der Waals surface area contributed by atoms with Crippen molar-refractivity contribution in [1.29, 1.82) is 0 Å². The summed E-state index contributed by atoms with van der Waals surface area (Å²) in [5, 5.41) is 2.40. The third-order valence-corrected chi connectivity index (χ3v) is 7.91. The lowest BCUT2D eigenvalue weighted by molar-refractivity contribution is -0.140. The average molecular weight is 322 g/mol. The van der Waals surface area contributed by atoms with E-state index in [0.717, 1.165) is 12.5 Å². The first-order chi connectivity index (χ1) is 8.94. The third kappa shape index (κ3) is 9.25. The summed E-state index contributed by atoms with van der Waals surface area (Å²) < 4.78 is 10.3. The van der Waals surface area contributed by atoms with Crippen LogP contribution in [0.25, 0.3) is 0 Å². The van der Waals surface area contributed by atoms with Gasteiger partial charge in [-0.1, -0.05) is 19.1 Å². The summed E-state index contributed by atoms with van der Waals surface area (Å²) in [5.41, 5.74) is -0.483. The van der Waals surface area contributed by atoms with Crippen molar-refractivity contribution in [2.24, 2.45) is 0 Å². The molecule has 0 saturated carbocycles. The molecular weight excluding hydrogens is 294 g/mol. The average Bonchev–Trinajstić information content (AvgIpc) is 2.21. The Bertz CT molecular complexity index is 342. The molecular formula is C13H27NO4SSi. The number of esters is 1. The Balaban J connectivity index is 3.99. The number of carbonyl (C=O) groups excluding carboxylic acids is 2. The fourth-order valence-corrected chi connectivity index (χ4v) is 3.84. The van der Waals surface area contributed by atoms with Gasteiger partial charge in [-0.2, -0.15) is 0 Å². The van der Waals surface area contributed by atoms with E-state index in [-0.39, 0.29) is 11.0 Å². The zero-order valence-corrected chi connectivity index (χ0v) is 15.2. The maximum atomic E-state index is 11.5. The Morgan fingerprint density at radius 2 is 1.85 bits per heavy atom. The van der Waals surface area contributed by atoms with Crippen LogP contribution in [0.4, 0.5) is 4.79 Å². The van der Waals surface area contributed by atoms with Gasteiger partial charge in [-0.15, -0.1) is 12.6 Å². The molecule has 1 atom stereocenters. The number of carbonyl (C=O) groups is 2. The van der Waals surface area contributed by atoms with Crippen LogP contribution in [0.15, 0.2) is 0 Å². The van der Waals surface area contributed by atoms with E-state index in [1.807, 2.05) is 20.8 Å². The molecule has 0 aliphatic heterocycles. The molecule has 0 saturated heterocycles. The maximum absolute atomic E-state index is 11.5. The number of hydrogen-bond donors (Lipinski definition) is 2. The van der Waals surface area contributed by atoms with Crippen LogP contribution in [-0.2, 0) is 14.3 Å². The normalized spacial score (nSPS) is 13.6. The van der Waals surface area contributed by atoms with E-state index < -0.39 is 19.8 Å². The lowest BCUT2D eigenvalue weighted by Gasteiger charge is -2.28. The van der Waals surface area contributed by atoms with Gasteiger partial charge in [0, 0.05) is 13.5 Å². The number of ether oxygens (including phenoxy) is 2. The molecule has 20 heavy (non-hydrogen) atoms. The Kier molecular flexibility index (Phi) is 7.65. The predicted octanol–water partition coefficient (Wildman–Crippen LogP) is 2.97. The summed E-state index contributed by atoms with van der Waals surface area (Å²) in [6.45, 7) is 11.6. The maximum Gasteiger partial charge on any atom is 0.407 e. The van der Waals surface area contributed by atoms with E-state index in [1.165, 1.54) is 6.92 Å². The van der Waals surface area contributed by atoms with Crippen molar-refractivity contribution in [2.75, 3.05) is 6.54 Å². The van der Waals surface area contributed by atoms with Crippen molar-refractivity contribution in [1.82, 2.24) is 5.32 Å². The molecule has 0 aliphatic rings. The summed E-state index contributed by atoms with van der Waals surface area (Å²) in [4.78, 5) is 22.4. The minimum atomic E-state index is -1.76. The second kappa shape index (κ2) is 7.92. The molecule has 118 valence electrons. The fraction of sp³-hybridized carbons (Fsp3) is 0.846. The van der Waals surface area contributed by atoms with Crippen molar-refractivity contribution in [3.63, 3.8) is 0 Å². The molecule has 0 aromatic heterocycles. The number of amides is 1. The van der Waals surface area contributed by atoms with Crippen LogP contribution in [0.3, 0.4) is 0 Å². The zero-order chi connectivity index (χ0) is 16.0. The molecule has 1 amide bonds. The van der Waals surface area contributed by atoms with Crippen LogP contribution < -0.4 is 5.32 Å². The summed E-state index contributed by atoms with van der Waals surface area (Å²) in [5.74, 6) is -0.308. The van der Waals surface area contributed by atoms with Gasteiger partial charge in [0.05, 0.1) is 0 Å². The van der Waals surface area contributed by atoms with Crippen LogP contribution in [0.2, 0.25) is 19.1 Å². The lowest BCUT2D eigenvalue weighted by atomic mass is 10.2. The number of rotatable bonds is 6. The second-order valence-electron chi connectivity index (χ2n) is 6.48. The predicted molar refractivity (Wildman–Crippen MR) is 85.7 cm³/mol. The monoisotopic (exact) mass is 321 g/mol. The Hall–Kier alpha value is -0.693. The molecule has 0 radical (unpaired) electrons. The topological polar surface area (TPSA) is 64.6 Å². The van der Waals surface area contributed by atoms with E-state index in [4.69, 9.17) is 9.47 Å². The number of alkyl carbamates (subject to hydrolysis) is 1. The number of hydrogen-bond acceptors (Lipinski definition) is 5. The SMILES string of the molecule is CC(=O)OC(S)[Si](C)(C)CCCNC(=O)OC(C)(C)C. The highest BCUT2D eigenvalue weighted by Gasteiger charge is 2.31. The molecule has 5 nitrogen and oxygen atoms in total. The van der Waals surface area contributed by atoms with Gasteiger partial charge < -0.3 is 14.8 Å². The lowest BCUT2D eigenvalue weighted by Crippen LogP contribution is -2.41. The quantitative estimate of drug-likeness (QED) is 0.259. The first-order valence-electron chi connectivity index (χ1n) is 6.76. The fourth-order valence-electron chi connectivity index (χ4n) is 1.49. The van der Waals surface area contributed by atoms with Crippen LogP contribution in [0.5, 0.6) is 0 Å². The van der Waals surface area contributed by atoms with Crippen molar-refractivity contribution in [3.8, 4) is 0 Å². The summed E-state index contributed by atoms with van der Waals surface area (Å²) in [7, 11) is -1.76. The molecule has 1 unspecified atom stereocenters.